The summed E-state index contributed by atoms with van der Waals surface area (Å²) in [4.78, 5) is 28.0. The molecule has 160 valence electrons. The van der Waals surface area contributed by atoms with E-state index in [1.165, 1.54) is 0 Å². The van der Waals surface area contributed by atoms with Gasteiger partial charge in [0.15, 0.2) is 0 Å². The summed E-state index contributed by atoms with van der Waals surface area (Å²) in [5, 5.41) is 3.79. The van der Waals surface area contributed by atoms with Crippen LogP contribution in [0.5, 0.6) is 0 Å². The summed E-state index contributed by atoms with van der Waals surface area (Å²) in [6.07, 6.45) is 4.62. The van der Waals surface area contributed by atoms with Gasteiger partial charge in [0, 0.05) is 17.6 Å². The number of aryl methyl sites for hydroxylation is 2. The molecule has 1 saturated carbocycles. The number of amides is 2. The molecule has 5 heteroatoms. The summed E-state index contributed by atoms with van der Waals surface area (Å²) in [7, 11) is 0. The van der Waals surface area contributed by atoms with Crippen molar-refractivity contribution in [3.63, 3.8) is 0 Å². The number of rotatable bonds is 7. The molecule has 2 aromatic carbocycles. The van der Waals surface area contributed by atoms with E-state index in [1.54, 1.807) is 4.90 Å². The molecule has 0 radical (unpaired) electrons. The summed E-state index contributed by atoms with van der Waals surface area (Å²) < 4.78 is 0. The molecule has 1 fully saturated rings. The first-order valence-electron chi connectivity index (χ1n) is 10.7. The minimum atomic E-state index is -0.543. The fourth-order valence-corrected chi connectivity index (χ4v) is 4.14. The monoisotopic (exact) mass is 426 g/mol. The molecule has 1 atom stereocenters. The van der Waals surface area contributed by atoms with Crippen LogP contribution in [0.1, 0.15) is 54.9 Å². The second kappa shape index (κ2) is 10.1. The Hall–Kier alpha value is -2.33. The largest absolute Gasteiger partial charge is 0.352 e. The summed E-state index contributed by atoms with van der Waals surface area (Å²) >= 11 is 6.01. The van der Waals surface area contributed by atoms with Gasteiger partial charge in [-0.3, -0.25) is 9.59 Å². The van der Waals surface area contributed by atoms with Crippen LogP contribution in [-0.2, 0) is 22.6 Å². The summed E-state index contributed by atoms with van der Waals surface area (Å²) in [6.45, 7) is 6.24. The Balaban J connectivity index is 1.79. The molecule has 0 aliphatic heterocycles. The Morgan fingerprint density at radius 2 is 1.77 bits per heavy atom. The van der Waals surface area contributed by atoms with Crippen LogP contribution in [0.3, 0.4) is 0 Å². The molecule has 0 aromatic heterocycles. The molecule has 30 heavy (non-hydrogen) atoms. The highest BCUT2D eigenvalue weighted by atomic mass is 35.5. The average Bonchev–Trinajstić information content (AvgIpc) is 3.22. The predicted molar refractivity (Wildman–Crippen MR) is 121 cm³/mol. The first kappa shape index (κ1) is 22.4. The summed E-state index contributed by atoms with van der Waals surface area (Å²) in [6, 6.07) is 13.3. The highest BCUT2D eigenvalue weighted by Gasteiger charge is 2.28. The van der Waals surface area contributed by atoms with Crippen LogP contribution in [0.2, 0.25) is 5.02 Å². The first-order valence-corrected chi connectivity index (χ1v) is 11.1. The van der Waals surface area contributed by atoms with Crippen molar-refractivity contribution in [3.05, 3.63) is 69.7 Å². The molecule has 0 heterocycles. The van der Waals surface area contributed by atoms with E-state index in [9.17, 15) is 9.59 Å². The van der Waals surface area contributed by atoms with Crippen molar-refractivity contribution in [1.82, 2.24) is 10.2 Å². The van der Waals surface area contributed by atoms with E-state index in [4.69, 9.17) is 11.6 Å². The molecular weight excluding hydrogens is 396 g/mol. The molecule has 1 N–H and O–H groups in total. The number of benzene rings is 2. The third-order valence-corrected chi connectivity index (χ3v) is 6.23. The topological polar surface area (TPSA) is 49.4 Å². The predicted octanol–water partition coefficient (Wildman–Crippen LogP) is 4.98. The van der Waals surface area contributed by atoms with Crippen molar-refractivity contribution < 1.29 is 9.59 Å². The van der Waals surface area contributed by atoms with E-state index in [0.717, 1.165) is 47.9 Å². The lowest BCUT2D eigenvalue weighted by Crippen LogP contribution is -2.50. The van der Waals surface area contributed by atoms with Gasteiger partial charge >= 0.3 is 0 Å². The molecule has 2 aromatic rings. The van der Waals surface area contributed by atoms with Crippen molar-refractivity contribution in [2.24, 2.45) is 0 Å². The molecule has 1 aliphatic carbocycles. The van der Waals surface area contributed by atoms with Crippen LogP contribution >= 0.6 is 11.6 Å². The zero-order valence-electron chi connectivity index (χ0n) is 18.1. The van der Waals surface area contributed by atoms with Gasteiger partial charge in [0.05, 0.1) is 6.42 Å². The summed E-state index contributed by atoms with van der Waals surface area (Å²) in [5.41, 5.74) is 4.17. The van der Waals surface area contributed by atoms with Gasteiger partial charge in [-0.15, -0.1) is 0 Å². The molecule has 0 saturated heterocycles. The number of hydrogen-bond donors (Lipinski definition) is 1. The van der Waals surface area contributed by atoms with Gasteiger partial charge in [-0.25, -0.2) is 0 Å². The maximum absolute atomic E-state index is 13.4. The first-order chi connectivity index (χ1) is 14.3. The minimum Gasteiger partial charge on any atom is -0.352 e. The van der Waals surface area contributed by atoms with Crippen LogP contribution < -0.4 is 5.32 Å². The van der Waals surface area contributed by atoms with Gasteiger partial charge in [0.25, 0.3) is 0 Å². The van der Waals surface area contributed by atoms with Crippen molar-refractivity contribution in [3.8, 4) is 0 Å². The van der Waals surface area contributed by atoms with E-state index < -0.39 is 6.04 Å². The number of halogens is 1. The molecule has 4 nitrogen and oxygen atoms in total. The highest BCUT2D eigenvalue weighted by Crippen LogP contribution is 2.20. The maximum atomic E-state index is 13.4. The molecular formula is C25H31ClN2O2. The third kappa shape index (κ3) is 5.85. The third-order valence-electron chi connectivity index (χ3n) is 5.98. The Morgan fingerprint density at radius 3 is 2.43 bits per heavy atom. The van der Waals surface area contributed by atoms with E-state index in [2.05, 4.69) is 11.4 Å². The Kier molecular flexibility index (Phi) is 7.54. The molecule has 1 aliphatic rings. The van der Waals surface area contributed by atoms with Crippen LogP contribution in [0.4, 0.5) is 0 Å². The van der Waals surface area contributed by atoms with E-state index in [1.807, 2.05) is 57.2 Å². The smallest absolute Gasteiger partial charge is 0.242 e. The number of carbonyl (C=O) groups is 2. The van der Waals surface area contributed by atoms with Gasteiger partial charge in [-0.1, -0.05) is 60.3 Å². The number of nitrogens with zero attached hydrogens (tertiary/aromatic N) is 1. The lowest BCUT2D eigenvalue weighted by molar-refractivity contribution is -0.140. The van der Waals surface area contributed by atoms with Crippen molar-refractivity contribution in [2.75, 3.05) is 0 Å². The minimum absolute atomic E-state index is 0.0484. The zero-order chi connectivity index (χ0) is 21.7. The SMILES string of the molecule is Cc1ccc(C)c(CC(=O)N(Cc2ccc(Cl)cc2)C(C)C(=O)NC2CCCC2)c1. The Labute approximate surface area is 184 Å². The van der Waals surface area contributed by atoms with Crippen molar-refractivity contribution in [1.29, 1.82) is 0 Å². The number of nitrogens with one attached hydrogen (secondary N) is 1. The fourth-order valence-electron chi connectivity index (χ4n) is 4.02. The van der Waals surface area contributed by atoms with Gasteiger partial charge < -0.3 is 10.2 Å². The van der Waals surface area contributed by atoms with E-state index in [0.29, 0.717) is 11.6 Å². The molecule has 1 unspecified atom stereocenters. The highest BCUT2D eigenvalue weighted by molar-refractivity contribution is 6.30. The normalized spacial score (nSPS) is 15.1. The standard InChI is InChI=1S/C25H31ClN2O2/c1-17-8-9-18(2)21(14-17)15-24(29)28(16-20-10-12-22(26)13-11-20)19(3)25(30)27-23-6-4-5-7-23/h8-14,19,23H,4-7,15-16H2,1-3H3,(H,27,30). The second-order valence-electron chi connectivity index (χ2n) is 8.42. The van der Waals surface area contributed by atoms with Crippen LogP contribution in [0.25, 0.3) is 0 Å². The van der Waals surface area contributed by atoms with Crippen LogP contribution in [0, 0.1) is 13.8 Å². The Morgan fingerprint density at radius 1 is 1.10 bits per heavy atom. The molecule has 3 rings (SSSR count). The van der Waals surface area contributed by atoms with E-state index in [-0.39, 0.29) is 24.3 Å². The van der Waals surface area contributed by atoms with Gasteiger partial charge in [-0.2, -0.15) is 0 Å². The lowest BCUT2D eigenvalue weighted by Gasteiger charge is -2.30. The van der Waals surface area contributed by atoms with Crippen LogP contribution in [-0.4, -0.2) is 28.8 Å². The Bertz CT molecular complexity index is 889. The summed E-state index contributed by atoms with van der Waals surface area (Å²) in [5.74, 6) is -0.127. The van der Waals surface area contributed by atoms with Crippen LogP contribution in [0.15, 0.2) is 42.5 Å². The quantitative estimate of drug-likeness (QED) is 0.679. The molecule has 0 spiro atoms. The van der Waals surface area contributed by atoms with Gasteiger partial charge in [0.1, 0.15) is 6.04 Å². The fraction of sp³-hybridized carbons (Fsp3) is 0.440. The van der Waals surface area contributed by atoms with E-state index >= 15 is 0 Å². The maximum Gasteiger partial charge on any atom is 0.242 e. The molecule has 2 amide bonds. The number of hydrogen-bond acceptors (Lipinski definition) is 2. The molecule has 0 bridgehead atoms. The van der Waals surface area contributed by atoms with Crippen molar-refractivity contribution in [2.45, 2.75) is 71.5 Å². The average molecular weight is 427 g/mol. The number of carbonyl (C=O) groups excluding carboxylic acids is 2. The van der Waals surface area contributed by atoms with Gasteiger partial charge in [0.2, 0.25) is 11.8 Å². The lowest BCUT2D eigenvalue weighted by atomic mass is 10.0. The van der Waals surface area contributed by atoms with Gasteiger partial charge in [-0.05, 0) is 62.4 Å². The second-order valence-corrected chi connectivity index (χ2v) is 8.86. The van der Waals surface area contributed by atoms with Crippen molar-refractivity contribution >= 4 is 23.4 Å². The zero-order valence-corrected chi connectivity index (χ0v) is 18.8.